The molecule has 21 heavy (non-hydrogen) atoms. The Morgan fingerprint density at radius 2 is 2.19 bits per heavy atom. The Morgan fingerprint density at radius 1 is 1.48 bits per heavy atom. The van der Waals surface area contributed by atoms with Crippen molar-refractivity contribution in [2.75, 3.05) is 6.54 Å². The number of carboxylic acids is 1. The molecule has 0 unspecified atom stereocenters. The molecule has 1 amide bonds. The molecule has 2 rings (SSSR count). The fraction of sp³-hybridized carbons (Fsp3) is 0.438. The molecule has 0 radical (unpaired) electrons. The van der Waals surface area contributed by atoms with Crippen molar-refractivity contribution in [2.45, 2.75) is 32.7 Å². The fourth-order valence-electron chi connectivity index (χ4n) is 2.16. The SMILES string of the molecule is CC(C)N(CC1CC1)C(=O)c1ccncc1C=CC(=O)O. The molecule has 1 aliphatic carbocycles. The molecule has 1 heterocycles. The minimum Gasteiger partial charge on any atom is -0.478 e. The zero-order valence-corrected chi connectivity index (χ0v) is 12.3. The van der Waals surface area contributed by atoms with Gasteiger partial charge in [0.15, 0.2) is 0 Å². The van der Waals surface area contributed by atoms with Crippen molar-refractivity contribution in [1.82, 2.24) is 9.88 Å². The van der Waals surface area contributed by atoms with E-state index in [9.17, 15) is 9.59 Å². The van der Waals surface area contributed by atoms with Gasteiger partial charge in [-0.2, -0.15) is 0 Å². The lowest BCUT2D eigenvalue weighted by molar-refractivity contribution is -0.131. The second-order valence-electron chi connectivity index (χ2n) is 5.63. The average molecular weight is 288 g/mol. The Morgan fingerprint density at radius 3 is 2.76 bits per heavy atom. The van der Waals surface area contributed by atoms with Crippen LogP contribution in [0.25, 0.3) is 6.08 Å². The van der Waals surface area contributed by atoms with E-state index >= 15 is 0 Å². The summed E-state index contributed by atoms with van der Waals surface area (Å²) in [6.07, 6.45) is 7.87. The Kier molecular flexibility index (Phi) is 4.73. The number of carbonyl (C=O) groups is 2. The zero-order chi connectivity index (χ0) is 15.4. The van der Waals surface area contributed by atoms with Gasteiger partial charge in [0.05, 0.1) is 0 Å². The van der Waals surface area contributed by atoms with Crippen LogP contribution in [0.15, 0.2) is 24.5 Å². The van der Waals surface area contributed by atoms with Crippen molar-refractivity contribution in [3.8, 4) is 0 Å². The van der Waals surface area contributed by atoms with Crippen LogP contribution in [-0.2, 0) is 4.79 Å². The van der Waals surface area contributed by atoms with Crippen LogP contribution in [0.5, 0.6) is 0 Å². The molecule has 1 aliphatic rings. The molecule has 1 fully saturated rings. The Bertz CT molecular complexity index is 562. The van der Waals surface area contributed by atoms with Gasteiger partial charge in [0.25, 0.3) is 5.91 Å². The summed E-state index contributed by atoms with van der Waals surface area (Å²) < 4.78 is 0. The molecule has 5 nitrogen and oxygen atoms in total. The van der Waals surface area contributed by atoms with Crippen LogP contribution >= 0.6 is 0 Å². The first-order valence-electron chi connectivity index (χ1n) is 7.15. The molecular weight excluding hydrogens is 268 g/mol. The normalized spacial score (nSPS) is 14.6. The second kappa shape index (κ2) is 6.52. The van der Waals surface area contributed by atoms with E-state index in [2.05, 4.69) is 4.98 Å². The lowest BCUT2D eigenvalue weighted by Gasteiger charge is -2.27. The molecule has 5 heteroatoms. The standard InChI is InChI=1S/C16H20N2O3/c1-11(2)18(10-12-3-4-12)16(21)14-7-8-17-9-13(14)5-6-15(19)20/h5-9,11-12H,3-4,10H2,1-2H3,(H,19,20). The number of rotatable bonds is 6. The highest BCUT2D eigenvalue weighted by molar-refractivity contribution is 5.99. The first-order chi connectivity index (χ1) is 9.99. The van der Waals surface area contributed by atoms with Gasteiger partial charge in [-0.1, -0.05) is 0 Å². The van der Waals surface area contributed by atoms with E-state index in [1.807, 2.05) is 18.7 Å². The van der Waals surface area contributed by atoms with Crippen LogP contribution in [0.1, 0.15) is 42.6 Å². The van der Waals surface area contributed by atoms with Crippen LogP contribution in [0.4, 0.5) is 0 Å². The molecule has 0 atom stereocenters. The largest absolute Gasteiger partial charge is 0.478 e. The summed E-state index contributed by atoms with van der Waals surface area (Å²) in [7, 11) is 0. The van der Waals surface area contributed by atoms with E-state index in [0.29, 0.717) is 17.0 Å². The summed E-state index contributed by atoms with van der Waals surface area (Å²) in [5.74, 6) is -0.503. The quantitative estimate of drug-likeness (QED) is 0.816. The monoisotopic (exact) mass is 288 g/mol. The summed E-state index contributed by atoms with van der Waals surface area (Å²) in [5, 5.41) is 8.73. The van der Waals surface area contributed by atoms with Crippen LogP contribution in [0, 0.1) is 5.92 Å². The molecule has 0 spiro atoms. The van der Waals surface area contributed by atoms with E-state index in [1.165, 1.54) is 25.1 Å². The lowest BCUT2D eigenvalue weighted by Crippen LogP contribution is -2.38. The van der Waals surface area contributed by atoms with Gasteiger partial charge >= 0.3 is 5.97 Å². The first-order valence-corrected chi connectivity index (χ1v) is 7.15. The lowest BCUT2D eigenvalue weighted by atomic mass is 10.1. The van der Waals surface area contributed by atoms with Gasteiger partial charge in [-0.3, -0.25) is 9.78 Å². The number of carboxylic acid groups (broad SMARTS) is 1. The highest BCUT2D eigenvalue weighted by atomic mass is 16.4. The van der Waals surface area contributed by atoms with Gasteiger partial charge in [-0.25, -0.2) is 4.79 Å². The van der Waals surface area contributed by atoms with Crippen molar-refractivity contribution in [3.05, 3.63) is 35.7 Å². The van der Waals surface area contributed by atoms with E-state index in [0.717, 1.165) is 12.6 Å². The molecule has 1 saturated carbocycles. The fourth-order valence-corrected chi connectivity index (χ4v) is 2.16. The first kappa shape index (κ1) is 15.2. The van der Waals surface area contributed by atoms with E-state index < -0.39 is 5.97 Å². The summed E-state index contributed by atoms with van der Waals surface area (Å²) in [4.78, 5) is 29.2. The predicted molar refractivity (Wildman–Crippen MR) is 79.8 cm³/mol. The van der Waals surface area contributed by atoms with Crippen molar-refractivity contribution >= 4 is 18.0 Å². The predicted octanol–water partition coefficient (Wildman–Crippen LogP) is 2.44. The van der Waals surface area contributed by atoms with Crippen molar-refractivity contribution in [1.29, 1.82) is 0 Å². The van der Waals surface area contributed by atoms with Crippen LogP contribution < -0.4 is 0 Å². The van der Waals surface area contributed by atoms with Crippen molar-refractivity contribution in [3.63, 3.8) is 0 Å². The average Bonchev–Trinajstić information content (AvgIpc) is 3.26. The Labute approximate surface area is 124 Å². The van der Waals surface area contributed by atoms with E-state index in [4.69, 9.17) is 5.11 Å². The Balaban J connectivity index is 2.26. The number of aromatic nitrogens is 1. The molecule has 0 saturated heterocycles. The topological polar surface area (TPSA) is 70.5 Å². The molecule has 1 aromatic heterocycles. The van der Waals surface area contributed by atoms with Crippen LogP contribution in [-0.4, -0.2) is 39.5 Å². The van der Waals surface area contributed by atoms with Gasteiger partial charge in [-0.15, -0.1) is 0 Å². The molecule has 1 N–H and O–H groups in total. The Hall–Kier alpha value is -2.17. The number of hydrogen-bond acceptors (Lipinski definition) is 3. The van der Waals surface area contributed by atoms with Crippen LogP contribution in [0.2, 0.25) is 0 Å². The maximum atomic E-state index is 12.7. The third kappa shape index (κ3) is 4.15. The zero-order valence-electron chi connectivity index (χ0n) is 12.3. The second-order valence-corrected chi connectivity index (χ2v) is 5.63. The molecule has 0 bridgehead atoms. The van der Waals surface area contributed by atoms with Crippen molar-refractivity contribution in [2.24, 2.45) is 5.92 Å². The highest BCUT2D eigenvalue weighted by Gasteiger charge is 2.29. The highest BCUT2D eigenvalue weighted by Crippen LogP contribution is 2.31. The maximum Gasteiger partial charge on any atom is 0.328 e. The number of hydrogen-bond donors (Lipinski definition) is 1. The molecule has 112 valence electrons. The molecular formula is C16H20N2O3. The molecule has 0 aromatic carbocycles. The maximum absolute atomic E-state index is 12.7. The number of carbonyl (C=O) groups excluding carboxylic acids is 1. The van der Waals surface area contributed by atoms with Crippen molar-refractivity contribution < 1.29 is 14.7 Å². The van der Waals surface area contributed by atoms with Gasteiger partial charge < -0.3 is 10.0 Å². The van der Waals surface area contributed by atoms with Gasteiger partial charge in [-0.05, 0) is 44.7 Å². The van der Waals surface area contributed by atoms with Crippen LogP contribution in [0.3, 0.4) is 0 Å². The summed E-state index contributed by atoms with van der Waals surface area (Å²) in [6.45, 7) is 4.75. The van der Waals surface area contributed by atoms with Gasteiger partial charge in [0.2, 0.25) is 0 Å². The third-order valence-corrected chi connectivity index (χ3v) is 3.52. The number of amides is 1. The number of pyridine rings is 1. The minimum atomic E-state index is -1.05. The summed E-state index contributed by atoms with van der Waals surface area (Å²) in [5.41, 5.74) is 1.03. The van der Waals surface area contributed by atoms with E-state index in [1.54, 1.807) is 12.3 Å². The number of aliphatic carboxylic acids is 1. The minimum absolute atomic E-state index is 0.0654. The summed E-state index contributed by atoms with van der Waals surface area (Å²) >= 11 is 0. The molecule has 1 aromatic rings. The van der Waals surface area contributed by atoms with E-state index in [-0.39, 0.29) is 11.9 Å². The third-order valence-electron chi connectivity index (χ3n) is 3.52. The molecule has 0 aliphatic heterocycles. The smallest absolute Gasteiger partial charge is 0.328 e. The summed E-state index contributed by atoms with van der Waals surface area (Å²) in [6, 6.07) is 1.76. The number of nitrogens with zero attached hydrogens (tertiary/aromatic N) is 2. The van der Waals surface area contributed by atoms with Gasteiger partial charge in [0.1, 0.15) is 0 Å². The van der Waals surface area contributed by atoms with Gasteiger partial charge in [0, 0.05) is 42.2 Å².